The molecule has 11 heteroatoms. The van der Waals surface area contributed by atoms with Crippen LogP contribution in [0, 0.1) is 0 Å². The second kappa shape index (κ2) is 39.2. The van der Waals surface area contributed by atoms with Crippen LogP contribution in [0.3, 0.4) is 0 Å². The molecule has 3 atom stereocenters. The number of carbonyl (C=O) groups excluding carboxylic acids is 2. The summed E-state index contributed by atoms with van der Waals surface area (Å²) < 4.78 is 32.6. The third-order valence-electron chi connectivity index (χ3n) is 8.71. The summed E-state index contributed by atoms with van der Waals surface area (Å²) in [6, 6.07) is 0. The molecule has 0 aromatic rings. The number of phosphoric ester groups is 1. The first-order valence-electron chi connectivity index (χ1n) is 21.1. The molecule has 0 saturated heterocycles. The molecule has 1 unspecified atom stereocenters. The van der Waals surface area contributed by atoms with Crippen LogP contribution in [-0.4, -0.2) is 65.7 Å². The number of aliphatic hydroxyl groups is 2. The lowest BCUT2D eigenvalue weighted by Crippen LogP contribution is -2.29. The zero-order valence-electron chi connectivity index (χ0n) is 33.9. The summed E-state index contributed by atoms with van der Waals surface area (Å²) in [6.07, 6.45) is 40.9. The standard InChI is InChI=1S/C43H77O10P/c1-3-5-7-9-11-13-15-17-19-20-21-23-24-26-28-30-32-34-42(46)50-38-41(39-52-54(48,49)51-37-40(45)36-44)53-43(47)35-33-31-29-27-25-22-18-16-14-12-10-8-6-4-2/h10,12,16,18,21,23,26,28,40-41,44-45H,3-9,11,13-15,17,19-20,22,24-25,27,29-39H2,1-2H3,(H,48,49)/b12-10+,18-16+,23-21+,28-26+/t40-,41+/m0/s1. The van der Waals surface area contributed by atoms with Crippen molar-refractivity contribution < 1.29 is 47.8 Å². The number of esters is 2. The summed E-state index contributed by atoms with van der Waals surface area (Å²) in [7, 11) is -4.63. The van der Waals surface area contributed by atoms with Gasteiger partial charge in [-0.05, 0) is 64.2 Å². The predicted molar refractivity (Wildman–Crippen MR) is 219 cm³/mol. The fourth-order valence-electron chi connectivity index (χ4n) is 5.40. The first-order chi connectivity index (χ1) is 26.2. The second-order valence-electron chi connectivity index (χ2n) is 14.0. The van der Waals surface area contributed by atoms with Crippen LogP contribution in [0.4, 0.5) is 0 Å². The molecule has 0 fully saturated rings. The Labute approximate surface area is 328 Å². The van der Waals surface area contributed by atoms with E-state index in [1.807, 2.05) is 6.08 Å². The molecule has 0 aromatic carbocycles. The molecule has 0 spiro atoms. The van der Waals surface area contributed by atoms with Gasteiger partial charge in [-0.15, -0.1) is 0 Å². The van der Waals surface area contributed by atoms with Crippen molar-refractivity contribution in [3.63, 3.8) is 0 Å². The van der Waals surface area contributed by atoms with Crippen LogP contribution in [0.15, 0.2) is 48.6 Å². The molecule has 314 valence electrons. The van der Waals surface area contributed by atoms with E-state index in [1.54, 1.807) is 0 Å². The van der Waals surface area contributed by atoms with Crippen LogP contribution in [-0.2, 0) is 32.7 Å². The maximum atomic E-state index is 12.6. The van der Waals surface area contributed by atoms with Gasteiger partial charge >= 0.3 is 19.8 Å². The first-order valence-corrected chi connectivity index (χ1v) is 22.6. The number of rotatable bonds is 39. The maximum absolute atomic E-state index is 12.6. The number of carbonyl (C=O) groups is 2. The lowest BCUT2D eigenvalue weighted by Gasteiger charge is -2.20. The van der Waals surface area contributed by atoms with Crippen LogP contribution in [0.1, 0.15) is 174 Å². The van der Waals surface area contributed by atoms with Crippen molar-refractivity contribution in [2.45, 2.75) is 187 Å². The van der Waals surface area contributed by atoms with Crippen molar-refractivity contribution in [1.82, 2.24) is 0 Å². The highest BCUT2D eigenvalue weighted by Crippen LogP contribution is 2.43. The summed E-state index contributed by atoms with van der Waals surface area (Å²) in [5, 5.41) is 18.3. The Morgan fingerprint density at radius 1 is 0.556 bits per heavy atom. The molecule has 0 aliphatic rings. The van der Waals surface area contributed by atoms with E-state index < -0.39 is 51.8 Å². The fraction of sp³-hybridized carbons (Fsp3) is 0.767. The van der Waals surface area contributed by atoms with E-state index in [2.05, 4.69) is 60.9 Å². The Kier molecular flexibility index (Phi) is 37.7. The number of phosphoric acid groups is 1. The van der Waals surface area contributed by atoms with E-state index in [9.17, 15) is 24.2 Å². The molecule has 0 heterocycles. The topological polar surface area (TPSA) is 149 Å². The normalized spacial score (nSPS) is 14.4. The Hall–Kier alpha value is -2.07. The van der Waals surface area contributed by atoms with Crippen molar-refractivity contribution >= 4 is 19.8 Å². The first kappa shape index (κ1) is 51.9. The largest absolute Gasteiger partial charge is 0.472 e. The molecular weight excluding hydrogens is 707 g/mol. The summed E-state index contributed by atoms with van der Waals surface area (Å²) in [4.78, 5) is 34.9. The Bertz CT molecular complexity index is 1040. The van der Waals surface area contributed by atoms with Gasteiger partial charge in [0.1, 0.15) is 12.7 Å². The molecule has 0 aliphatic heterocycles. The zero-order chi connectivity index (χ0) is 39.8. The lowest BCUT2D eigenvalue weighted by atomic mass is 10.1. The van der Waals surface area contributed by atoms with Crippen LogP contribution >= 0.6 is 7.82 Å². The van der Waals surface area contributed by atoms with Crippen molar-refractivity contribution in [2.24, 2.45) is 0 Å². The van der Waals surface area contributed by atoms with Gasteiger partial charge in [-0.25, -0.2) is 4.57 Å². The minimum absolute atomic E-state index is 0.158. The molecule has 0 rings (SSSR count). The number of hydrogen-bond acceptors (Lipinski definition) is 9. The number of aliphatic hydroxyl groups excluding tert-OH is 2. The summed E-state index contributed by atoms with van der Waals surface area (Å²) >= 11 is 0. The number of hydrogen-bond donors (Lipinski definition) is 3. The highest BCUT2D eigenvalue weighted by atomic mass is 31.2. The van der Waals surface area contributed by atoms with E-state index in [1.165, 1.54) is 70.6 Å². The average Bonchev–Trinajstić information content (AvgIpc) is 3.16. The quantitative estimate of drug-likeness (QED) is 0.0238. The molecule has 10 nitrogen and oxygen atoms in total. The molecule has 0 bridgehead atoms. The minimum atomic E-state index is -4.63. The van der Waals surface area contributed by atoms with Gasteiger partial charge in [0.15, 0.2) is 6.10 Å². The lowest BCUT2D eigenvalue weighted by molar-refractivity contribution is -0.161. The Morgan fingerprint density at radius 3 is 1.54 bits per heavy atom. The van der Waals surface area contributed by atoms with Gasteiger partial charge in [0, 0.05) is 12.8 Å². The highest BCUT2D eigenvalue weighted by molar-refractivity contribution is 7.47. The van der Waals surface area contributed by atoms with Crippen LogP contribution in [0.25, 0.3) is 0 Å². The molecular formula is C43H77O10P. The maximum Gasteiger partial charge on any atom is 0.472 e. The molecule has 54 heavy (non-hydrogen) atoms. The monoisotopic (exact) mass is 785 g/mol. The van der Waals surface area contributed by atoms with Crippen LogP contribution in [0.5, 0.6) is 0 Å². The van der Waals surface area contributed by atoms with Gasteiger partial charge in [0.05, 0.1) is 19.8 Å². The van der Waals surface area contributed by atoms with E-state index in [-0.39, 0.29) is 19.4 Å². The SMILES string of the molecule is CCCC/C=C/C/C=C/CCCCCCCC(=O)O[C@H](COC(=O)CCC/C=C/C/C=C/CCCCCCCCCCC)COP(=O)(O)OC[C@@H](O)CO. The van der Waals surface area contributed by atoms with Gasteiger partial charge < -0.3 is 24.6 Å². The summed E-state index contributed by atoms with van der Waals surface area (Å²) in [5.74, 6) is -0.996. The molecule has 3 N–H and O–H groups in total. The van der Waals surface area contributed by atoms with Gasteiger partial charge in [-0.1, -0.05) is 146 Å². The van der Waals surface area contributed by atoms with Crippen molar-refractivity contribution in [2.75, 3.05) is 26.4 Å². The number of unbranched alkanes of at least 4 members (excludes halogenated alkanes) is 17. The molecule has 0 aromatic heterocycles. The molecule has 0 radical (unpaired) electrons. The van der Waals surface area contributed by atoms with Gasteiger partial charge in [0.25, 0.3) is 0 Å². The van der Waals surface area contributed by atoms with Crippen molar-refractivity contribution in [3.8, 4) is 0 Å². The van der Waals surface area contributed by atoms with Gasteiger partial charge in [-0.3, -0.25) is 18.6 Å². The van der Waals surface area contributed by atoms with Gasteiger partial charge in [0.2, 0.25) is 0 Å². The Balaban J connectivity index is 4.39. The van der Waals surface area contributed by atoms with E-state index >= 15 is 0 Å². The molecule has 0 saturated carbocycles. The van der Waals surface area contributed by atoms with E-state index in [0.717, 1.165) is 64.2 Å². The predicted octanol–water partition coefficient (Wildman–Crippen LogP) is 10.9. The van der Waals surface area contributed by atoms with Crippen LogP contribution < -0.4 is 0 Å². The van der Waals surface area contributed by atoms with Gasteiger partial charge in [-0.2, -0.15) is 0 Å². The molecule has 0 aliphatic carbocycles. The highest BCUT2D eigenvalue weighted by Gasteiger charge is 2.27. The summed E-state index contributed by atoms with van der Waals surface area (Å²) in [6.45, 7) is 2.27. The molecule has 0 amide bonds. The summed E-state index contributed by atoms with van der Waals surface area (Å²) in [5.41, 5.74) is 0. The minimum Gasteiger partial charge on any atom is -0.462 e. The van der Waals surface area contributed by atoms with E-state index in [4.69, 9.17) is 19.1 Å². The van der Waals surface area contributed by atoms with Crippen molar-refractivity contribution in [3.05, 3.63) is 48.6 Å². The average molecular weight is 785 g/mol. The number of ether oxygens (including phenoxy) is 2. The van der Waals surface area contributed by atoms with Crippen LogP contribution in [0.2, 0.25) is 0 Å². The zero-order valence-corrected chi connectivity index (χ0v) is 34.8. The second-order valence-corrected chi connectivity index (χ2v) is 15.5. The number of allylic oxidation sites excluding steroid dienone is 8. The van der Waals surface area contributed by atoms with Crippen molar-refractivity contribution in [1.29, 1.82) is 0 Å². The third kappa shape index (κ3) is 38.2. The third-order valence-corrected chi connectivity index (χ3v) is 9.66. The fourth-order valence-corrected chi connectivity index (χ4v) is 6.19. The Morgan fingerprint density at radius 2 is 1.00 bits per heavy atom. The van der Waals surface area contributed by atoms with E-state index in [0.29, 0.717) is 12.8 Å². The smallest absolute Gasteiger partial charge is 0.462 e.